The summed E-state index contributed by atoms with van der Waals surface area (Å²) in [6.45, 7) is 18.8. The molecule has 54 heavy (non-hydrogen) atoms. The van der Waals surface area contributed by atoms with E-state index in [1.165, 1.54) is 7.11 Å². The Balaban J connectivity index is 2.21. The first kappa shape index (κ1) is 46.8. The number of nitrogens with one attached hydrogen (secondary N) is 1. The minimum absolute atomic E-state index is 0.0208. The van der Waals surface area contributed by atoms with Gasteiger partial charge in [-0.25, -0.2) is 4.79 Å². The predicted molar refractivity (Wildman–Crippen MR) is 214 cm³/mol. The summed E-state index contributed by atoms with van der Waals surface area (Å²) < 4.78 is 11.0. The third-order valence-corrected chi connectivity index (χ3v) is 11.7. The van der Waals surface area contributed by atoms with Gasteiger partial charge in [-0.05, 0) is 63.5 Å². The Labute approximate surface area is 326 Å². The van der Waals surface area contributed by atoms with Gasteiger partial charge in [0.25, 0.3) is 0 Å². The number of nitrogens with zero attached hydrogens (tertiary/aromatic N) is 3. The average Bonchev–Trinajstić information content (AvgIpc) is 3.60. The van der Waals surface area contributed by atoms with Crippen LogP contribution in [0.2, 0.25) is 0 Å². The van der Waals surface area contributed by atoms with E-state index in [4.69, 9.17) is 9.47 Å². The summed E-state index contributed by atoms with van der Waals surface area (Å²) in [5.74, 6) is -1.78. The Hall–Kier alpha value is -3.31. The normalized spacial score (nSPS) is 18.6. The van der Waals surface area contributed by atoms with Crippen LogP contribution in [0.3, 0.4) is 0 Å². The second-order valence-electron chi connectivity index (χ2n) is 16.6. The fraction of sp³-hybridized carbons (Fsp3) is 0.744. The molecule has 0 radical (unpaired) electrons. The number of carbonyl (C=O) groups is 5. The Morgan fingerprint density at radius 1 is 0.907 bits per heavy atom. The summed E-state index contributed by atoms with van der Waals surface area (Å²) in [6.07, 6.45) is 2.80. The van der Waals surface area contributed by atoms with Crippen molar-refractivity contribution in [2.75, 3.05) is 34.9 Å². The van der Waals surface area contributed by atoms with Crippen LogP contribution >= 0.6 is 0 Å². The van der Waals surface area contributed by atoms with Gasteiger partial charge in [0, 0.05) is 57.5 Å². The van der Waals surface area contributed by atoms with Crippen molar-refractivity contribution in [2.24, 2.45) is 29.6 Å². The number of amides is 3. The number of ketones is 1. The number of benzene rings is 1. The zero-order chi connectivity index (χ0) is 40.9. The van der Waals surface area contributed by atoms with Crippen LogP contribution in [0.1, 0.15) is 106 Å². The lowest BCUT2D eigenvalue weighted by Crippen LogP contribution is -2.54. The number of Topliss-reactive ketones (excluding diaryl/α,β-unsaturated/α-hetero) is 1. The Morgan fingerprint density at radius 3 is 2.06 bits per heavy atom. The number of rotatable bonds is 22. The van der Waals surface area contributed by atoms with E-state index in [9.17, 15) is 24.0 Å². The van der Waals surface area contributed by atoms with E-state index in [1.807, 2.05) is 76.9 Å². The highest BCUT2D eigenvalue weighted by molar-refractivity contribution is 5.90. The monoisotopic (exact) mass is 757 g/mol. The molecular weight excluding hydrogens is 684 g/mol. The van der Waals surface area contributed by atoms with E-state index in [-0.39, 0.29) is 72.2 Å². The number of esters is 1. The topological polar surface area (TPSA) is 126 Å². The predicted octanol–water partition coefficient (Wildman–Crippen LogP) is 5.78. The zero-order valence-corrected chi connectivity index (χ0v) is 35.6. The number of carbonyl (C=O) groups excluding carboxylic acids is 5. The number of likely N-dealkylation sites (N-methyl/N-ethyl adjacent to an activating group) is 2. The van der Waals surface area contributed by atoms with Gasteiger partial charge in [0.1, 0.15) is 6.04 Å². The van der Waals surface area contributed by atoms with Crippen LogP contribution in [-0.4, -0.2) is 115 Å². The Kier molecular flexibility index (Phi) is 19.3. The maximum absolute atomic E-state index is 14.4. The summed E-state index contributed by atoms with van der Waals surface area (Å²) >= 11 is 0. The van der Waals surface area contributed by atoms with Gasteiger partial charge in [-0.3, -0.25) is 24.1 Å². The third kappa shape index (κ3) is 12.9. The minimum Gasteiger partial charge on any atom is -0.467 e. The second-order valence-corrected chi connectivity index (χ2v) is 16.6. The molecular formula is C43H72N4O7. The largest absolute Gasteiger partial charge is 0.467 e. The van der Waals surface area contributed by atoms with Gasteiger partial charge in [-0.1, -0.05) is 85.2 Å². The molecule has 1 aliphatic rings. The van der Waals surface area contributed by atoms with Gasteiger partial charge in [0.2, 0.25) is 17.7 Å². The maximum Gasteiger partial charge on any atom is 0.328 e. The van der Waals surface area contributed by atoms with E-state index in [0.717, 1.165) is 24.8 Å². The molecule has 0 spiro atoms. The lowest BCUT2D eigenvalue weighted by atomic mass is 9.83. The smallest absolute Gasteiger partial charge is 0.328 e. The number of hydrogen-bond donors (Lipinski definition) is 1. The summed E-state index contributed by atoms with van der Waals surface area (Å²) in [4.78, 5) is 73.9. The Bertz CT molecular complexity index is 1350. The molecule has 0 aliphatic carbocycles. The molecule has 1 aliphatic heterocycles. The highest BCUT2D eigenvalue weighted by Crippen LogP contribution is 2.30. The van der Waals surface area contributed by atoms with Gasteiger partial charge in [-0.2, -0.15) is 0 Å². The lowest BCUT2D eigenvalue weighted by Gasteiger charge is -2.40. The fourth-order valence-corrected chi connectivity index (χ4v) is 8.04. The molecule has 0 saturated carbocycles. The van der Waals surface area contributed by atoms with Gasteiger partial charge < -0.3 is 24.6 Å². The van der Waals surface area contributed by atoms with Gasteiger partial charge in [0.05, 0.1) is 31.7 Å². The van der Waals surface area contributed by atoms with Crippen LogP contribution in [0.15, 0.2) is 30.3 Å². The lowest BCUT2D eigenvalue weighted by molar-refractivity contribution is -0.148. The van der Waals surface area contributed by atoms with Crippen molar-refractivity contribution in [3.05, 3.63) is 35.9 Å². The van der Waals surface area contributed by atoms with Crippen molar-refractivity contribution < 1.29 is 33.4 Å². The van der Waals surface area contributed by atoms with Crippen molar-refractivity contribution in [2.45, 2.75) is 144 Å². The first-order valence-electron chi connectivity index (χ1n) is 20.1. The SMILES string of the molecule is CC[C@H](C)[C@@H]([C@@H](CC(=O)N1CCC[C@H]1C[C@@H](C)C(=O)N[C@@H](Cc1ccccc1)C(=O)OC)OC)N(C)C(=O)[C@@H](CC(=O)[C@H](C(C)C)N(C)C(C)C)C(C)C. The first-order valence-corrected chi connectivity index (χ1v) is 20.1. The van der Waals surface area contributed by atoms with Crippen LogP contribution in [0.25, 0.3) is 0 Å². The molecule has 0 unspecified atom stereocenters. The molecule has 11 heteroatoms. The average molecular weight is 757 g/mol. The molecule has 1 N–H and O–H groups in total. The van der Waals surface area contributed by atoms with Crippen molar-refractivity contribution in [1.29, 1.82) is 0 Å². The van der Waals surface area contributed by atoms with E-state index < -0.39 is 36.0 Å². The summed E-state index contributed by atoms with van der Waals surface area (Å²) in [7, 11) is 6.65. The number of ether oxygens (including phenoxy) is 2. The van der Waals surface area contributed by atoms with Crippen LogP contribution in [0.5, 0.6) is 0 Å². The van der Waals surface area contributed by atoms with Crippen LogP contribution in [0.4, 0.5) is 0 Å². The molecule has 2 rings (SSSR count). The molecule has 11 nitrogen and oxygen atoms in total. The molecule has 0 aromatic heterocycles. The molecule has 8 atom stereocenters. The van der Waals surface area contributed by atoms with E-state index in [0.29, 0.717) is 19.4 Å². The zero-order valence-electron chi connectivity index (χ0n) is 35.6. The van der Waals surface area contributed by atoms with Crippen molar-refractivity contribution >= 4 is 29.5 Å². The second kappa shape index (κ2) is 22.3. The number of likely N-dealkylation sites (tertiary alicyclic amines) is 1. The molecule has 306 valence electrons. The number of hydrogen-bond acceptors (Lipinski definition) is 8. The van der Waals surface area contributed by atoms with E-state index >= 15 is 0 Å². The number of methoxy groups -OCH3 is 2. The molecule has 1 saturated heterocycles. The standard InChI is InChI=1S/C43H72N4O7/c1-14-30(8)40(46(11)42(51)34(27(2)3)25-36(48)39(28(4)5)45(10)29(6)7)37(53-12)26-38(49)47-22-18-21-33(47)23-31(9)41(50)44-35(43(52)54-13)24-32-19-16-15-17-20-32/h15-17,19-20,27-31,33-35,37,39-40H,14,18,21-26H2,1-13H3,(H,44,50)/t30-,31+,33-,34-,35-,37+,39-,40-/m0/s1. The minimum atomic E-state index is -0.820. The van der Waals surface area contributed by atoms with Crippen molar-refractivity contribution in [3.63, 3.8) is 0 Å². The van der Waals surface area contributed by atoms with Crippen LogP contribution in [0, 0.1) is 29.6 Å². The van der Waals surface area contributed by atoms with Gasteiger partial charge in [0.15, 0.2) is 5.78 Å². The van der Waals surface area contributed by atoms with E-state index in [1.54, 1.807) is 19.1 Å². The summed E-state index contributed by atoms with van der Waals surface area (Å²) in [6, 6.07) is 8.02. The van der Waals surface area contributed by atoms with Crippen molar-refractivity contribution in [1.82, 2.24) is 20.0 Å². The fourth-order valence-electron chi connectivity index (χ4n) is 8.04. The van der Waals surface area contributed by atoms with Gasteiger partial charge >= 0.3 is 5.97 Å². The summed E-state index contributed by atoms with van der Waals surface area (Å²) in [5.41, 5.74) is 0.909. The molecule has 1 aromatic rings. The third-order valence-electron chi connectivity index (χ3n) is 11.7. The molecule has 0 bridgehead atoms. The first-order chi connectivity index (χ1) is 25.4. The molecule has 3 amide bonds. The van der Waals surface area contributed by atoms with Gasteiger partial charge in [-0.15, -0.1) is 0 Å². The molecule has 1 heterocycles. The quantitative estimate of drug-likeness (QED) is 0.148. The molecule has 1 aromatic carbocycles. The highest BCUT2D eigenvalue weighted by Gasteiger charge is 2.41. The maximum atomic E-state index is 14.4. The van der Waals surface area contributed by atoms with E-state index in [2.05, 4.69) is 37.9 Å². The van der Waals surface area contributed by atoms with Crippen molar-refractivity contribution in [3.8, 4) is 0 Å². The Morgan fingerprint density at radius 2 is 1.54 bits per heavy atom. The highest BCUT2D eigenvalue weighted by atomic mass is 16.5. The summed E-state index contributed by atoms with van der Waals surface area (Å²) in [5, 5.41) is 2.88. The molecule has 1 fully saturated rings. The van der Waals surface area contributed by atoms with Crippen LogP contribution in [-0.2, 0) is 39.9 Å². The van der Waals surface area contributed by atoms with Crippen LogP contribution < -0.4 is 5.32 Å².